The van der Waals surface area contributed by atoms with Crippen molar-refractivity contribution in [1.82, 2.24) is 4.98 Å². The second-order valence-electron chi connectivity index (χ2n) is 4.67. The van der Waals surface area contributed by atoms with Crippen LogP contribution in [0.5, 0.6) is 5.75 Å². The molecule has 19 heavy (non-hydrogen) atoms. The van der Waals surface area contributed by atoms with Crippen molar-refractivity contribution >= 4 is 5.82 Å². The number of methoxy groups -OCH3 is 1. The van der Waals surface area contributed by atoms with E-state index in [1.807, 2.05) is 18.2 Å². The Bertz CT molecular complexity index is 641. The van der Waals surface area contributed by atoms with Crippen LogP contribution in [0.1, 0.15) is 17.7 Å². The van der Waals surface area contributed by atoms with Crippen molar-refractivity contribution in [3.63, 3.8) is 0 Å². The summed E-state index contributed by atoms with van der Waals surface area (Å²) in [6, 6.07) is 5.93. The second kappa shape index (κ2) is 4.42. The van der Waals surface area contributed by atoms with E-state index in [4.69, 9.17) is 10.5 Å². The highest BCUT2D eigenvalue weighted by atomic mass is 16.5. The highest BCUT2D eigenvalue weighted by molar-refractivity contribution is 5.67. The minimum absolute atomic E-state index is 0.260. The number of hydrogen-bond donors (Lipinski definition) is 2. The molecule has 3 rings (SSSR count). The highest BCUT2D eigenvalue weighted by Crippen LogP contribution is 2.31. The number of anilines is 1. The molecule has 5 nitrogen and oxygen atoms in total. The maximum absolute atomic E-state index is 10.0. The molecule has 98 valence electrons. The van der Waals surface area contributed by atoms with Crippen molar-refractivity contribution in [1.29, 1.82) is 0 Å². The quantitative estimate of drug-likeness (QED) is 0.598. The molecule has 0 amide bonds. The Hall–Kier alpha value is -2.30. The summed E-state index contributed by atoms with van der Waals surface area (Å²) < 4.78 is 6.30. The van der Waals surface area contributed by atoms with E-state index in [9.17, 15) is 5.21 Å². The Morgan fingerprint density at radius 1 is 1.37 bits per heavy atom. The van der Waals surface area contributed by atoms with Crippen molar-refractivity contribution in [2.75, 3.05) is 12.8 Å². The maximum atomic E-state index is 10.0. The number of hydrogen-bond acceptors (Lipinski definition) is 4. The van der Waals surface area contributed by atoms with Crippen LogP contribution in [0.4, 0.5) is 5.82 Å². The lowest BCUT2D eigenvalue weighted by Crippen LogP contribution is -2.39. The van der Waals surface area contributed by atoms with Gasteiger partial charge in [0, 0.05) is 12.0 Å². The summed E-state index contributed by atoms with van der Waals surface area (Å²) in [5.41, 5.74) is 9.48. The molecule has 0 atom stereocenters. The number of nitrogen functional groups attached to an aromatic ring is 1. The summed E-state index contributed by atoms with van der Waals surface area (Å²) in [5, 5.41) is 10.0. The van der Waals surface area contributed by atoms with Gasteiger partial charge < -0.3 is 9.94 Å². The zero-order valence-electron chi connectivity index (χ0n) is 10.8. The first kappa shape index (κ1) is 11.8. The lowest BCUT2D eigenvalue weighted by Gasteiger charge is -2.09. The topological polar surface area (TPSA) is 72.2 Å². The number of benzene rings is 1. The Morgan fingerprint density at radius 3 is 3.00 bits per heavy atom. The van der Waals surface area contributed by atoms with Crippen LogP contribution in [0.2, 0.25) is 0 Å². The number of fused-ring (bicyclic) bond motifs is 3. The van der Waals surface area contributed by atoms with E-state index in [0.29, 0.717) is 0 Å². The van der Waals surface area contributed by atoms with Gasteiger partial charge in [-0.25, -0.2) is 4.98 Å². The van der Waals surface area contributed by atoms with Crippen molar-refractivity contribution in [2.45, 2.75) is 19.3 Å². The number of rotatable bonds is 1. The predicted octanol–water partition coefficient (Wildman–Crippen LogP) is 1.35. The third kappa shape index (κ3) is 1.87. The smallest absolute Gasteiger partial charge is 0.330 e. The van der Waals surface area contributed by atoms with Crippen LogP contribution in [0.25, 0.3) is 11.3 Å². The normalized spacial score (nSPS) is 13.3. The summed E-state index contributed by atoms with van der Waals surface area (Å²) in [6.45, 7) is 0. The summed E-state index contributed by atoms with van der Waals surface area (Å²) in [4.78, 5) is 4.39. The van der Waals surface area contributed by atoms with Crippen LogP contribution in [-0.4, -0.2) is 17.3 Å². The van der Waals surface area contributed by atoms with Gasteiger partial charge in [-0.2, -0.15) is 0 Å². The monoisotopic (exact) mass is 258 g/mol. The first-order valence-electron chi connectivity index (χ1n) is 6.26. The summed E-state index contributed by atoms with van der Waals surface area (Å²) >= 11 is 0. The van der Waals surface area contributed by atoms with Gasteiger partial charge in [-0.1, -0.05) is 0 Å². The molecule has 0 aliphatic heterocycles. The van der Waals surface area contributed by atoms with E-state index in [1.54, 1.807) is 7.11 Å². The van der Waals surface area contributed by atoms with Crippen molar-refractivity contribution in [3.05, 3.63) is 35.7 Å². The van der Waals surface area contributed by atoms with Crippen LogP contribution in [0, 0.1) is 0 Å². The van der Waals surface area contributed by atoms with Crippen LogP contribution >= 0.6 is 0 Å². The molecular weight excluding hydrogens is 242 g/mol. The van der Waals surface area contributed by atoms with Crippen LogP contribution < -0.4 is 15.2 Å². The molecule has 1 aliphatic carbocycles. The summed E-state index contributed by atoms with van der Waals surface area (Å²) in [6.07, 6.45) is 4.11. The van der Waals surface area contributed by atoms with Crippen LogP contribution in [0.15, 0.2) is 24.4 Å². The van der Waals surface area contributed by atoms with Gasteiger partial charge in [0.2, 0.25) is 0 Å². The van der Waals surface area contributed by atoms with Crippen LogP contribution in [0.3, 0.4) is 0 Å². The Morgan fingerprint density at radius 2 is 2.21 bits per heavy atom. The predicted molar refractivity (Wildman–Crippen MR) is 70.0 cm³/mol. The molecular formula is C14H16N3O2+. The van der Waals surface area contributed by atoms with Gasteiger partial charge in [-0.15, -0.1) is 0 Å². The molecule has 0 saturated heterocycles. The van der Waals surface area contributed by atoms with E-state index in [-0.39, 0.29) is 5.82 Å². The summed E-state index contributed by atoms with van der Waals surface area (Å²) in [7, 11) is 1.66. The molecule has 0 saturated carbocycles. The number of ether oxygens (including phenoxy) is 1. The maximum Gasteiger partial charge on any atom is 0.330 e. The van der Waals surface area contributed by atoms with E-state index < -0.39 is 0 Å². The highest BCUT2D eigenvalue weighted by Gasteiger charge is 2.23. The first-order valence-corrected chi connectivity index (χ1v) is 6.26. The Balaban J connectivity index is 2.23. The Kier molecular flexibility index (Phi) is 2.74. The van der Waals surface area contributed by atoms with Gasteiger partial charge >= 0.3 is 5.82 Å². The molecule has 0 spiro atoms. The van der Waals surface area contributed by atoms with E-state index in [0.717, 1.165) is 46.7 Å². The molecule has 0 unspecified atom stereocenters. The fourth-order valence-corrected chi connectivity index (χ4v) is 2.55. The fourth-order valence-electron chi connectivity index (χ4n) is 2.55. The first-order chi connectivity index (χ1) is 9.20. The van der Waals surface area contributed by atoms with Gasteiger partial charge in [-0.05, 0) is 41.3 Å². The summed E-state index contributed by atoms with van der Waals surface area (Å²) in [5.74, 6) is 1.10. The van der Waals surface area contributed by atoms with Gasteiger partial charge in [0.1, 0.15) is 17.6 Å². The molecule has 1 aromatic carbocycles. The third-order valence-electron chi connectivity index (χ3n) is 3.53. The van der Waals surface area contributed by atoms with Crippen LogP contribution in [-0.2, 0) is 12.8 Å². The van der Waals surface area contributed by atoms with Crippen molar-refractivity contribution in [2.24, 2.45) is 0 Å². The standard InChI is InChI=1S/C14H15N3O2/c1-19-10-5-6-11-9(7-10)3-2-4-12-14(11)16-8-13(15)17(12)18/h5-8,15,18H,2-4H2,1H3/p+1. The average molecular weight is 258 g/mol. The third-order valence-corrected chi connectivity index (χ3v) is 3.53. The number of aromatic nitrogens is 2. The van der Waals surface area contributed by atoms with E-state index >= 15 is 0 Å². The molecule has 0 radical (unpaired) electrons. The minimum atomic E-state index is 0.260. The molecule has 0 fully saturated rings. The second-order valence-corrected chi connectivity index (χ2v) is 4.67. The van der Waals surface area contributed by atoms with Crippen molar-refractivity contribution < 1.29 is 14.7 Å². The van der Waals surface area contributed by atoms with Gasteiger partial charge in [0.25, 0.3) is 0 Å². The van der Waals surface area contributed by atoms with E-state index in [2.05, 4.69) is 4.98 Å². The van der Waals surface area contributed by atoms with Gasteiger partial charge in [0.05, 0.1) is 7.11 Å². The largest absolute Gasteiger partial charge is 0.497 e. The zero-order chi connectivity index (χ0) is 13.4. The number of aryl methyl sites for hydroxylation is 1. The lowest BCUT2D eigenvalue weighted by molar-refractivity contribution is -0.898. The van der Waals surface area contributed by atoms with E-state index in [1.165, 1.54) is 11.8 Å². The fraction of sp³-hybridized carbons (Fsp3) is 0.286. The molecule has 3 N–H and O–H groups in total. The van der Waals surface area contributed by atoms with Crippen molar-refractivity contribution in [3.8, 4) is 17.0 Å². The minimum Gasteiger partial charge on any atom is -0.497 e. The molecule has 5 heteroatoms. The average Bonchev–Trinajstić information content (AvgIpc) is 2.61. The molecule has 2 aromatic rings. The van der Waals surface area contributed by atoms with Gasteiger partial charge in [0.15, 0.2) is 5.69 Å². The molecule has 0 bridgehead atoms. The molecule has 1 heterocycles. The number of nitrogens with two attached hydrogens (primary N) is 1. The number of nitrogens with zero attached hydrogens (tertiary/aromatic N) is 2. The lowest BCUT2D eigenvalue weighted by atomic mass is 10.0. The molecule has 1 aromatic heterocycles. The SMILES string of the molecule is COc1ccc2c(c1)CCCc1c-2ncc(N)[n+]1O. The van der Waals surface area contributed by atoms with Gasteiger partial charge in [-0.3, -0.25) is 5.73 Å². The molecule has 1 aliphatic rings. The Labute approximate surface area is 111 Å². The zero-order valence-corrected chi connectivity index (χ0v) is 10.8.